The molecule has 1 N–H and O–H groups in total. The molecule has 118 valence electrons. The van der Waals surface area contributed by atoms with Gasteiger partial charge >= 0.3 is 0 Å². The molecular formula is C17H26BrFN2. The van der Waals surface area contributed by atoms with Crippen molar-refractivity contribution in [3.8, 4) is 0 Å². The Hall–Kier alpha value is -0.450. The Morgan fingerprint density at radius 2 is 2.24 bits per heavy atom. The molecule has 1 saturated heterocycles. The molecule has 21 heavy (non-hydrogen) atoms. The van der Waals surface area contributed by atoms with Crippen LogP contribution in [-0.4, -0.2) is 31.1 Å². The molecule has 4 heteroatoms. The van der Waals surface area contributed by atoms with Gasteiger partial charge in [0.05, 0.1) is 0 Å². The maximum absolute atomic E-state index is 13.9. The standard InChI is InChI=1S/C17H26BrFN2/c1-13(2)9-20-10-14-4-3-7-21(11-14)12-15-5-6-16(18)8-17(15)19/h5-6,8,13-14,20H,3-4,7,9-12H2,1-2H3. The van der Waals surface area contributed by atoms with E-state index in [0.29, 0.717) is 11.8 Å². The van der Waals surface area contributed by atoms with Crippen molar-refractivity contribution in [1.82, 2.24) is 10.2 Å². The quantitative estimate of drug-likeness (QED) is 0.827. The summed E-state index contributed by atoms with van der Waals surface area (Å²) >= 11 is 3.31. The Morgan fingerprint density at radius 1 is 1.43 bits per heavy atom. The minimum absolute atomic E-state index is 0.107. The molecule has 1 atom stereocenters. The Balaban J connectivity index is 1.83. The fourth-order valence-corrected chi connectivity index (χ4v) is 3.26. The van der Waals surface area contributed by atoms with Crippen LogP contribution in [0, 0.1) is 17.7 Å². The molecular weight excluding hydrogens is 331 g/mol. The van der Waals surface area contributed by atoms with E-state index < -0.39 is 0 Å². The van der Waals surface area contributed by atoms with Crippen molar-refractivity contribution in [2.24, 2.45) is 11.8 Å². The van der Waals surface area contributed by atoms with Crippen LogP contribution in [0.4, 0.5) is 4.39 Å². The zero-order valence-electron chi connectivity index (χ0n) is 13.0. The van der Waals surface area contributed by atoms with E-state index in [9.17, 15) is 4.39 Å². The SMILES string of the molecule is CC(C)CNCC1CCCN(Cc2ccc(Br)cc2F)C1. The molecule has 1 aromatic rings. The van der Waals surface area contributed by atoms with Crippen LogP contribution < -0.4 is 5.32 Å². The van der Waals surface area contributed by atoms with Crippen LogP contribution in [0.1, 0.15) is 32.3 Å². The molecule has 0 aliphatic carbocycles. The smallest absolute Gasteiger partial charge is 0.128 e. The second-order valence-electron chi connectivity index (χ2n) is 6.53. The van der Waals surface area contributed by atoms with E-state index in [1.165, 1.54) is 12.8 Å². The molecule has 2 rings (SSSR count). The fourth-order valence-electron chi connectivity index (χ4n) is 2.93. The summed E-state index contributed by atoms with van der Waals surface area (Å²) in [6.45, 7) is 9.50. The maximum atomic E-state index is 13.9. The molecule has 1 unspecified atom stereocenters. The second kappa shape index (κ2) is 8.25. The summed E-state index contributed by atoms with van der Waals surface area (Å²) in [6.07, 6.45) is 2.50. The third-order valence-corrected chi connectivity index (χ3v) is 4.49. The van der Waals surface area contributed by atoms with Gasteiger partial charge in [-0.1, -0.05) is 35.8 Å². The summed E-state index contributed by atoms with van der Waals surface area (Å²) < 4.78 is 14.7. The van der Waals surface area contributed by atoms with Crippen molar-refractivity contribution >= 4 is 15.9 Å². The number of hydrogen-bond acceptors (Lipinski definition) is 2. The largest absolute Gasteiger partial charge is 0.316 e. The zero-order chi connectivity index (χ0) is 15.2. The summed E-state index contributed by atoms with van der Waals surface area (Å²) in [5, 5.41) is 3.55. The Kier molecular flexibility index (Phi) is 6.65. The number of benzene rings is 1. The van der Waals surface area contributed by atoms with Crippen LogP contribution in [-0.2, 0) is 6.54 Å². The first kappa shape index (κ1) is 16.9. The van der Waals surface area contributed by atoms with E-state index in [1.54, 1.807) is 6.07 Å². The van der Waals surface area contributed by atoms with E-state index in [1.807, 2.05) is 12.1 Å². The molecule has 1 aliphatic rings. The van der Waals surface area contributed by atoms with Crippen molar-refractivity contribution < 1.29 is 4.39 Å². The lowest BCUT2D eigenvalue weighted by Gasteiger charge is -2.33. The molecule has 0 aromatic heterocycles. The average molecular weight is 357 g/mol. The van der Waals surface area contributed by atoms with Crippen molar-refractivity contribution in [2.45, 2.75) is 33.2 Å². The van der Waals surface area contributed by atoms with Gasteiger partial charge in [-0.15, -0.1) is 0 Å². The molecule has 0 saturated carbocycles. The maximum Gasteiger partial charge on any atom is 0.128 e. The number of piperidine rings is 1. The van der Waals surface area contributed by atoms with Gasteiger partial charge in [-0.2, -0.15) is 0 Å². The highest BCUT2D eigenvalue weighted by Gasteiger charge is 2.20. The van der Waals surface area contributed by atoms with Crippen molar-refractivity contribution in [3.63, 3.8) is 0 Å². The van der Waals surface area contributed by atoms with Gasteiger partial charge in [0, 0.05) is 23.1 Å². The van der Waals surface area contributed by atoms with Gasteiger partial charge in [0.2, 0.25) is 0 Å². The van der Waals surface area contributed by atoms with Crippen molar-refractivity contribution in [3.05, 3.63) is 34.1 Å². The molecule has 1 heterocycles. The summed E-state index contributed by atoms with van der Waals surface area (Å²) in [4.78, 5) is 2.39. The van der Waals surface area contributed by atoms with Crippen molar-refractivity contribution in [2.75, 3.05) is 26.2 Å². The first-order valence-electron chi connectivity index (χ1n) is 7.91. The van der Waals surface area contributed by atoms with Gasteiger partial charge in [-0.25, -0.2) is 4.39 Å². The second-order valence-corrected chi connectivity index (χ2v) is 7.45. The number of nitrogens with zero attached hydrogens (tertiary/aromatic N) is 1. The Bertz CT molecular complexity index is 450. The lowest BCUT2D eigenvalue weighted by atomic mass is 9.97. The lowest BCUT2D eigenvalue weighted by molar-refractivity contribution is 0.163. The molecule has 1 aromatic carbocycles. The van der Waals surface area contributed by atoms with Gasteiger partial charge in [-0.05, 0) is 56.4 Å². The zero-order valence-corrected chi connectivity index (χ0v) is 14.6. The predicted octanol–water partition coefficient (Wildman–Crippen LogP) is 4.05. The first-order valence-corrected chi connectivity index (χ1v) is 8.71. The predicted molar refractivity (Wildman–Crippen MR) is 89.8 cm³/mol. The highest BCUT2D eigenvalue weighted by Crippen LogP contribution is 2.21. The summed E-state index contributed by atoms with van der Waals surface area (Å²) in [5.41, 5.74) is 0.800. The Morgan fingerprint density at radius 3 is 2.95 bits per heavy atom. The van der Waals surface area contributed by atoms with Crippen LogP contribution >= 0.6 is 15.9 Å². The van der Waals surface area contributed by atoms with E-state index in [0.717, 1.165) is 42.8 Å². The lowest BCUT2D eigenvalue weighted by Crippen LogP contribution is -2.39. The number of rotatable bonds is 6. The van der Waals surface area contributed by atoms with E-state index in [4.69, 9.17) is 0 Å². The minimum Gasteiger partial charge on any atom is -0.316 e. The summed E-state index contributed by atoms with van der Waals surface area (Å²) in [6, 6.07) is 5.37. The van der Waals surface area contributed by atoms with Gasteiger partial charge in [0.1, 0.15) is 5.82 Å². The number of nitrogens with one attached hydrogen (secondary N) is 1. The first-order chi connectivity index (χ1) is 10.0. The molecule has 0 spiro atoms. The van der Waals surface area contributed by atoms with E-state index in [-0.39, 0.29) is 5.82 Å². The topological polar surface area (TPSA) is 15.3 Å². The van der Waals surface area contributed by atoms with Gasteiger partial charge < -0.3 is 5.32 Å². The van der Waals surface area contributed by atoms with E-state index >= 15 is 0 Å². The van der Waals surface area contributed by atoms with Crippen LogP contribution in [0.2, 0.25) is 0 Å². The molecule has 1 fully saturated rings. The van der Waals surface area contributed by atoms with Crippen molar-refractivity contribution in [1.29, 1.82) is 0 Å². The highest BCUT2D eigenvalue weighted by atomic mass is 79.9. The molecule has 0 radical (unpaired) electrons. The molecule has 1 aliphatic heterocycles. The third kappa shape index (κ3) is 5.68. The average Bonchev–Trinajstić information content (AvgIpc) is 2.42. The monoisotopic (exact) mass is 356 g/mol. The highest BCUT2D eigenvalue weighted by molar-refractivity contribution is 9.10. The van der Waals surface area contributed by atoms with Crippen LogP contribution in [0.5, 0.6) is 0 Å². The number of hydrogen-bond donors (Lipinski definition) is 1. The van der Waals surface area contributed by atoms with Crippen LogP contribution in [0.15, 0.2) is 22.7 Å². The van der Waals surface area contributed by atoms with Gasteiger partial charge in [0.15, 0.2) is 0 Å². The van der Waals surface area contributed by atoms with Gasteiger partial charge in [-0.3, -0.25) is 4.90 Å². The molecule has 2 nitrogen and oxygen atoms in total. The van der Waals surface area contributed by atoms with Crippen LogP contribution in [0.25, 0.3) is 0 Å². The minimum atomic E-state index is -0.107. The van der Waals surface area contributed by atoms with E-state index in [2.05, 4.69) is 40.0 Å². The third-order valence-electron chi connectivity index (χ3n) is 4.00. The normalized spacial score (nSPS) is 20.1. The Labute approximate surface area is 136 Å². The summed E-state index contributed by atoms with van der Waals surface area (Å²) in [7, 11) is 0. The van der Waals surface area contributed by atoms with Gasteiger partial charge in [0.25, 0.3) is 0 Å². The number of halogens is 2. The number of likely N-dealkylation sites (tertiary alicyclic amines) is 1. The van der Waals surface area contributed by atoms with Crippen LogP contribution in [0.3, 0.4) is 0 Å². The molecule has 0 amide bonds. The summed E-state index contributed by atoms with van der Waals surface area (Å²) in [5.74, 6) is 1.28. The molecule has 0 bridgehead atoms. The fraction of sp³-hybridized carbons (Fsp3) is 0.647.